The molecule has 2 heterocycles. The van der Waals surface area contributed by atoms with Crippen molar-refractivity contribution < 1.29 is 9.21 Å². The van der Waals surface area contributed by atoms with Crippen molar-refractivity contribution in [1.29, 1.82) is 0 Å². The van der Waals surface area contributed by atoms with Crippen LogP contribution in [0, 0.1) is 0 Å². The maximum Gasteiger partial charge on any atom is 0.269 e. The number of hydrogen-bond acceptors (Lipinski definition) is 3. The molecule has 5 heteroatoms. The SMILES string of the molecule is O=C(NCCc1ccco1)c1cc(-c2ccc3ccccc3c2)n[nH]1. The summed E-state index contributed by atoms with van der Waals surface area (Å²) in [5.74, 6) is 0.674. The van der Waals surface area contributed by atoms with E-state index in [4.69, 9.17) is 4.42 Å². The fraction of sp³-hybridized carbons (Fsp3) is 0.100. The maximum absolute atomic E-state index is 12.2. The summed E-state index contributed by atoms with van der Waals surface area (Å²) < 4.78 is 5.25. The largest absolute Gasteiger partial charge is 0.469 e. The lowest BCUT2D eigenvalue weighted by molar-refractivity contribution is 0.0948. The van der Waals surface area contributed by atoms with Gasteiger partial charge in [0.2, 0.25) is 0 Å². The fourth-order valence-electron chi connectivity index (χ4n) is 2.78. The second-order valence-electron chi connectivity index (χ2n) is 5.81. The van der Waals surface area contributed by atoms with Gasteiger partial charge in [0.25, 0.3) is 5.91 Å². The quantitative estimate of drug-likeness (QED) is 0.584. The van der Waals surface area contributed by atoms with Crippen LogP contribution in [0.15, 0.2) is 71.3 Å². The number of carbonyl (C=O) groups excluding carboxylic acids is 1. The molecule has 0 atom stereocenters. The monoisotopic (exact) mass is 331 g/mol. The Labute approximate surface area is 144 Å². The van der Waals surface area contributed by atoms with Gasteiger partial charge in [0, 0.05) is 18.5 Å². The van der Waals surface area contributed by atoms with E-state index in [1.54, 1.807) is 12.3 Å². The van der Waals surface area contributed by atoms with E-state index >= 15 is 0 Å². The van der Waals surface area contributed by atoms with Crippen molar-refractivity contribution in [3.05, 3.63) is 78.4 Å². The van der Waals surface area contributed by atoms with Crippen LogP contribution in [0.3, 0.4) is 0 Å². The predicted octanol–water partition coefficient (Wildman–Crippen LogP) is 3.80. The molecule has 4 rings (SSSR count). The molecule has 0 aliphatic heterocycles. The highest BCUT2D eigenvalue weighted by Crippen LogP contribution is 2.23. The first kappa shape index (κ1) is 15.2. The van der Waals surface area contributed by atoms with Crippen LogP contribution >= 0.6 is 0 Å². The zero-order valence-corrected chi connectivity index (χ0v) is 13.5. The number of benzene rings is 2. The Morgan fingerprint density at radius 3 is 2.76 bits per heavy atom. The molecule has 4 aromatic rings. The average Bonchev–Trinajstić information content (AvgIpc) is 3.33. The van der Waals surface area contributed by atoms with E-state index in [2.05, 4.69) is 39.8 Å². The highest BCUT2D eigenvalue weighted by Gasteiger charge is 2.11. The first-order valence-corrected chi connectivity index (χ1v) is 8.15. The molecule has 25 heavy (non-hydrogen) atoms. The number of nitrogens with zero attached hydrogens (tertiary/aromatic N) is 1. The number of amides is 1. The molecule has 0 fully saturated rings. The lowest BCUT2D eigenvalue weighted by Gasteiger charge is -2.01. The molecule has 5 nitrogen and oxygen atoms in total. The average molecular weight is 331 g/mol. The molecule has 124 valence electrons. The Balaban J connectivity index is 1.46. The number of carbonyl (C=O) groups is 1. The summed E-state index contributed by atoms with van der Waals surface area (Å²) in [6.07, 6.45) is 2.28. The van der Waals surface area contributed by atoms with Crippen LogP contribution in [0.4, 0.5) is 0 Å². The topological polar surface area (TPSA) is 70.9 Å². The van der Waals surface area contributed by atoms with E-state index in [0.29, 0.717) is 18.7 Å². The van der Waals surface area contributed by atoms with Gasteiger partial charge >= 0.3 is 0 Å². The van der Waals surface area contributed by atoms with Crippen molar-refractivity contribution in [2.75, 3.05) is 6.54 Å². The van der Waals surface area contributed by atoms with E-state index in [1.165, 1.54) is 5.39 Å². The second kappa shape index (κ2) is 6.65. The Morgan fingerprint density at radius 2 is 1.92 bits per heavy atom. The van der Waals surface area contributed by atoms with Crippen molar-refractivity contribution in [3.8, 4) is 11.3 Å². The van der Waals surface area contributed by atoms with Crippen molar-refractivity contribution in [3.63, 3.8) is 0 Å². The van der Waals surface area contributed by atoms with Crippen LogP contribution in [0.25, 0.3) is 22.0 Å². The Hall–Kier alpha value is -3.34. The van der Waals surface area contributed by atoms with Gasteiger partial charge in [0.1, 0.15) is 11.5 Å². The number of aromatic amines is 1. The van der Waals surface area contributed by atoms with E-state index in [0.717, 1.165) is 22.4 Å². The molecular formula is C20H17N3O2. The van der Waals surface area contributed by atoms with Gasteiger partial charge in [-0.2, -0.15) is 5.10 Å². The molecule has 2 aromatic carbocycles. The summed E-state index contributed by atoms with van der Waals surface area (Å²) >= 11 is 0. The summed E-state index contributed by atoms with van der Waals surface area (Å²) in [6, 6.07) is 19.8. The number of nitrogens with one attached hydrogen (secondary N) is 2. The molecule has 0 radical (unpaired) electrons. The predicted molar refractivity (Wildman–Crippen MR) is 96.3 cm³/mol. The molecule has 0 saturated carbocycles. The highest BCUT2D eigenvalue weighted by molar-refractivity contribution is 5.94. The summed E-state index contributed by atoms with van der Waals surface area (Å²) in [7, 11) is 0. The van der Waals surface area contributed by atoms with E-state index in [1.807, 2.05) is 30.3 Å². The van der Waals surface area contributed by atoms with Gasteiger partial charge in [-0.15, -0.1) is 0 Å². The Morgan fingerprint density at radius 1 is 1.04 bits per heavy atom. The maximum atomic E-state index is 12.2. The molecule has 0 spiro atoms. The van der Waals surface area contributed by atoms with Crippen LogP contribution in [0.2, 0.25) is 0 Å². The highest BCUT2D eigenvalue weighted by atomic mass is 16.3. The van der Waals surface area contributed by atoms with Gasteiger partial charge in [0.15, 0.2) is 0 Å². The van der Waals surface area contributed by atoms with Gasteiger partial charge in [-0.3, -0.25) is 9.89 Å². The first-order chi connectivity index (χ1) is 12.3. The van der Waals surface area contributed by atoms with Gasteiger partial charge in [-0.1, -0.05) is 36.4 Å². The van der Waals surface area contributed by atoms with E-state index in [9.17, 15) is 4.79 Å². The normalized spacial score (nSPS) is 10.9. The minimum absolute atomic E-state index is 0.175. The molecular weight excluding hydrogens is 314 g/mol. The smallest absolute Gasteiger partial charge is 0.269 e. The molecule has 0 aliphatic rings. The van der Waals surface area contributed by atoms with E-state index < -0.39 is 0 Å². The number of furan rings is 1. The minimum atomic E-state index is -0.175. The van der Waals surface area contributed by atoms with Crippen LogP contribution in [-0.2, 0) is 6.42 Å². The number of rotatable bonds is 5. The zero-order valence-electron chi connectivity index (χ0n) is 13.5. The Bertz CT molecular complexity index is 1000. The van der Waals surface area contributed by atoms with Crippen LogP contribution < -0.4 is 5.32 Å². The molecule has 0 aliphatic carbocycles. The van der Waals surface area contributed by atoms with Crippen molar-refractivity contribution in [2.24, 2.45) is 0 Å². The number of fused-ring (bicyclic) bond motifs is 1. The number of H-pyrrole nitrogens is 1. The lowest BCUT2D eigenvalue weighted by Crippen LogP contribution is -2.25. The van der Waals surface area contributed by atoms with Gasteiger partial charge in [-0.05, 0) is 35.0 Å². The van der Waals surface area contributed by atoms with Crippen LogP contribution in [0.1, 0.15) is 16.2 Å². The van der Waals surface area contributed by atoms with Gasteiger partial charge < -0.3 is 9.73 Å². The molecule has 0 saturated heterocycles. The summed E-state index contributed by atoms with van der Waals surface area (Å²) in [4.78, 5) is 12.2. The number of aromatic nitrogens is 2. The summed E-state index contributed by atoms with van der Waals surface area (Å²) in [5, 5.41) is 12.3. The fourth-order valence-corrected chi connectivity index (χ4v) is 2.78. The lowest BCUT2D eigenvalue weighted by atomic mass is 10.1. The third-order valence-corrected chi connectivity index (χ3v) is 4.10. The van der Waals surface area contributed by atoms with Crippen molar-refractivity contribution >= 4 is 16.7 Å². The Kier molecular flexibility index (Phi) is 4.04. The summed E-state index contributed by atoms with van der Waals surface area (Å²) in [5.41, 5.74) is 2.18. The molecule has 2 N–H and O–H groups in total. The third kappa shape index (κ3) is 3.30. The van der Waals surface area contributed by atoms with Crippen LogP contribution in [-0.4, -0.2) is 22.6 Å². The third-order valence-electron chi connectivity index (χ3n) is 4.10. The second-order valence-corrected chi connectivity index (χ2v) is 5.81. The molecule has 0 bridgehead atoms. The standard InChI is InChI=1S/C20H17N3O2/c24-20(21-10-9-17-6-3-11-25-17)19-13-18(22-23-19)16-8-7-14-4-1-2-5-15(14)12-16/h1-8,11-13H,9-10H2,(H,21,24)(H,22,23). The summed E-state index contributed by atoms with van der Waals surface area (Å²) in [6.45, 7) is 0.511. The first-order valence-electron chi connectivity index (χ1n) is 8.15. The van der Waals surface area contributed by atoms with Crippen molar-refractivity contribution in [1.82, 2.24) is 15.5 Å². The van der Waals surface area contributed by atoms with Crippen LogP contribution in [0.5, 0.6) is 0 Å². The molecule has 2 aromatic heterocycles. The van der Waals surface area contributed by atoms with Gasteiger partial charge in [-0.25, -0.2) is 0 Å². The minimum Gasteiger partial charge on any atom is -0.469 e. The van der Waals surface area contributed by atoms with Crippen molar-refractivity contribution in [2.45, 2.75) is 6.42 Å². The molecule has 1 amide bonds. The zero-order chi connectivity index (χ0) is 17.1. The van der Waals surface area contributed by atoms with Gasteiger partial charge in [0.05, 0.1) is 12.0 Å². The molecule has 0 unspecified atom stereocenters. The number of hydrogen-bond donors (Lipinski definition) is 2. The van der Waals surface area contributed by atoms with E-state index in [-0.39, 0.29) is 5.91 Å².